The van der Waals surface area contributed by atoms with Crippen molar-refractivity contribution in [3.05, 3.63) is 30.6 Å². The maximum atomic E-state index is 11.4. The van der Waals surface area contributed by atoms with Crippen molar-refractivity contribution in [2.75, 3.05) is 13.7 Å². The zero-order valence-corrected chi connectivity index (χ0v) is 9.03. The molecule has 0 bridgehead atoms. The molecule has 0 atom stereocenters. The van der Waals surface area contributed by atoms with Crippen LogP contribution >= 0.6 is 0 Å². The minimum absolute atomic E-state index is 0.132. The highest BCUT2D eigenvalue weighted by Crippen LogP contribution is 2.20. The molecule has 0 saturated heterocycles. The van der Waals surface area contributed by atoms with E-state index < -0.39 is 0 Å². The van der Waals surface area contributed by atoms with Gasteiger partial charge >= 0.3 is 0 Å². The highest BCUT2D eigenvalue weighted by molar-refractivity contribution is 5.34. The van der Waals surface area contributed by atoms with Gasteiger partial charge in [0.1, 0.15) is 19.4 Å². The molecular formula is C11H15NO3. The van der Waals surface area contributed by atoms with E-state index in [1.165, 1.54) is 13.3 Å². The lowest BCUT2D eigenvalue weighted by Gasteiger charge is -2.11. The van der Waals surface area contributed by atoms with Gasteiger partial charge in [-0.1, -0.05) is 6.08 Å². The Labute approximate surface area is 89.4 Å². The van der Waals surface area contributed by atoms with E-state index in [2.05, 4.69) is 6.58 Å². The van der Waals surface area contributed by atoms with Gasteiger partial charge in [-0.15, -0.1) is 6.58 Å². The van der Waals surface area contributed by atoms with E-state index in [1.807, 2.05) is 0 Å². The van der Waals surface area contributed by atoms with E-state index in [4.69, 9.17) is 9.47 Å². The standard InChI is InChI=1S/C11H15NO3/c1-4-5-15-8-9-6-11(14-3)10(13)7-12(9)2/h4,6-7H,1,5,8H2,2-3H3. The van der Waals surface area contributed by atoms with E-state index >= 15 is 0 Å². The average molecular weight is 209 g/mol. The van der Waals surface area contributed by atoms with Crippen LogP contribution in [-0.4, -0.2) is 13.7 Å². The van der Waals surface area contributed by atoms with E-state index in [0.29, 0.717) is 19.0 Å². The summed E-state index contributed by atoms with van der Waals surface area (Å²) in [5, 5.41) is 11.4. The highest BCUT2D eigenvalue weighted by atomic mass is 16.5. The monoisotopic (exact) mass is 209 g/mol. The molecule has 4 heteroatoms. The van der Waals surface area contributed by atoms with Crippen LogP contribution in [-0.2, 0) is 18.4 Å². The smallest absolute Gasteiger partial charge is 0.210 e. The lowest BCUT2D eigenvalue weighted by atomic mass is 10.3. The number of rotatable bonds is 5. The maximum absolute atomic E-state index is 11.4. The van der Waals surface area contributed by atoms with Gasteiger partial charge in [-0.3, -0.25) is 0 Å². The number of ether oxygens (including phenoxy) is 2. The van der Waals surface area contributed by atoms with Gasteiger partial charge in [0.15, 0.2) is 6.20 Å². The van der Waals surface area contributed by atoms with Gasteiger partial charge in [-0.25, -0.2) is 4.57 Å². The van der Waals surface area contributed by atoms with Crippen LogP contribution in [0.4, 0.5) is 0 Å². The average Bonchev–Trinajstić information content (AvgIpc) is 2.21. The second-order valence-electron chi connectivity index (χ2n) is 3.11. The van der Waals surface area contributed by atoms with Crippen LogP contribution in [0.3, 0.4) is 0 Å². The number of methoxy groups -OCH3 is 1. The Bertz CT molecular complexity index is 350. The summed E-state index contributed by atoms with van der Waals surface area (Å²) < 4.78 is 12.0. The molecule has 1 aromatic heterocycles. The number of aromatic nitrogens is 1. The quantitative estimate of drug-likeness (QED) is 0.398. The molecule has 0 saturated carbocycles. The van der Waals surface area contributed by atoms with Gasteiger partial charge < -0.3 is 14.6 Å². The van der Waals surface area contributed by atoms with Crippen LogP contribution in [0, 0.1) is 0 Å². The Morgan fingerprint density at radius 1 is 1.60 bits per heavy atom. The van der Waals surface area contributed by atoms with Gasteiger partial charge in [0.05, 0.1) is 13.7 Å². The van der Waals surface area contributed by atoms with Crippen molar-refractivity contribution in [2.24, 2.45) is 7.05 Å². The molecule has 0 spiro atoms. The maximum Gasteiger partial charge on any atom is 0.210 e. The van der Waals surface area contributed by atoms with Gasteiger partial charge in [0.25, 0.3) is 0 Å². The van der Waals surface area contributed by atoms with Gasteiger partial charge in [0.2, 0.25) is 5.69 Å². The first-order chi connectivity index (χ1) is 7.19. The zero-order chi connectivity index (χ0) is 11.3. The molecule has 0 fully saturated rings. The molecule has 0 radical (unpaired) electrons. The number of aryl methyl sites for hydroxylation is 1. The fourth-order valence-electron chi connectivity index (χ4n) is 1.20. The summed E-state index contributed by atoms with van der Waals surface area (Å²) in [5.41, 5.74) is 0.883. The van der Waals surface area contributed by atoms with E-state index in [-0.39, 0.29) is 5.75 Å². The lowest BCUT2D eigenvalue weighted by molar-refractivity contribution is -0.683. The molecule has 1 rings (SSSR count). The van der Waals surface area contributed by atoms with Crippen LogP contribution in [0.5, 0.6) is 11.5 Å². The molecule has 0 aliphatic rings. The minimum atomic E-state index is -0.132. The predicted molar refractivity (Wildman–Crippen MR) is 53.5 cm³/mol. The van der Waals surface area contributed by atoms with Crippen LogP contribution in [0.15, 0.2) is 24.9 Å². The second kappa shape index (κ2) is 5.36. The number of nitrogens with zero attached hydrogens (tertiary/aromatic N) is 1. The topological polar surface area (TPSA) is 45.4 Å². The molecule has 0 aliphatic carbocycles. The van der Waals surface area contributed by atoms with Crippen molar-refractivity contribution in [3.63, 3.8) is 0 Å². The molecule has 82 valence electrons. The fourth-order valence-corrected chi connectivity index (χ4v) is 1.20. The van der Waals surface area contributed by atoms with Crippen molar-refractivity contribution in [3.8, 4) is 11.5 Å². The van der Waals surface area contributed by atoms with Crippen molar-refractivity contribution in [2.45, 2.75) is 6.61 Å². The minimum Gasteiger partial charge on any atom is -0.866 e. The number of hydrogen-bond donors (Lipinski definition) is 0. The number of hydrogen-bond acceptors (Lipinski definition) is 3. The molecule has 0 amide bonds. The van der Waals surface area contributed by atoms with Gasteiger partial charge in [0, 0.05) is 11.8 Å². The SMILES string of the molecule is C=CCOCc1cc(OC)c([O-])c[n+]1C. The summed E-state index contributed by atoms with van der Waals surface area (Å²) in [7, 11) is 3.28. The Hall–Kier alpha value is -1.55. The summed E-state index contributed by atoms with van der Waals surface area (Å²) in [6.07, 6.45) is 3.16. The summed E-state index contributed by atoms with van der Waals surface area (Å²) in [6.45, 7) is 4.47. The van der Waals surface area contributed by atoms with Crippen LogP contribution in [0.2, 0.25) is 0 Å². The Morgan fingerprint density at radius 2 is 2.33 bits per heavy atom. The molecule has 1 aromatic rings. The Morgan fingerprint density at radius 3 is 2.93 bits per heavy atom. The zero-order valence-electron chi connectivity index (χ0n) is 9.03. The van der Waals surface area contributed by atoms with Crippen LogP contribution in [0.1, 0.15) is 5.69 Å². The van der Waals surface area contributed by atoms with Crippen molar-refractivity contribution in [1.82, 2.24) is 0 Å². The van der Waals surface area contributed by atoms with Crippen LogP contribution in [0.25, 0.3) is 0 Å². The van der Waals surface area contributed by atoms with Crippen molar-refractivity contribution < 1.29 is 19.1 Å². The summed E-state index contributed by atoms with van der Waals surface area (Å²) >= 11 is 0. The van der Waals surface area contributed by atoms with Crippen molar-refractivity contribution >= 4 is 0 Å². The summed E-state index contributed by atoms with van der Waals surface area (Å²) in [5.74, 6) is 0.206. The van der Waals surface area contributed by atoms with Gasteiger partial charge in [-0.05, 0) is 0 Å². The molecule has 0 unspecified atom stereocenters. The fraction of sp³-hybridized carbons (Fsp3) is 0.364. The first-order valence-electron chi connectivity index (χ1n) is 4.61. The third-order valence-corrected chi connectivity index (χ3v) is 2.01. The third kappa shape index (κ3) is 2.95. The molecule has 0 N–H and O–H groups in total. The largest absolute Gasteiger partial charge is 0.866 e. The van der Waals surface area contributed by atoms with E-state index in [0.717, 1.165) is 5.69 Å². The normalized spacial score (nSPS) is 10.0. The highest BCUT2D eigenvalue weighted by Gasteiger charge is 2.09. The van der Waals surface area contributed by atoms with Crippen LogP contribution < -0.4 is 14.4 Å². The summed E-state index contributed by atoms with van der Waals surface area (Å²) in [6, 6.07) is 1.69. The number of pyridine rings is 1. The lowest BCUT2D eigenvalue weighted by Crippen LogP contribution is -2.34. The molecule has 1 heterocycles. The molecule has 4 nitrogen and oxygen atoms in total. The third-order valence-electron chi connectivity index (χ3n) is 2.01. The van der Waals surface area contributed by atoms with E-state index in [1.54, 1.807) is 23.8 Å². The molecule has 0 aliphatic heterocycles. The molecular weight excluding hydrogens is 194 g/mol. The predicted octanol–water partition coefficient (Wildman–Crippen LogP) is 0.296. The first-order valence-corrected chi connectivity index (χ1v) is 4.61. The summed E-state index contributed by atoms with van der Waals surface area (Å²) in [4.78, 5) is 0. The van der Waals surface area contributed by atoms with Gasteiger partial charge in [-0.2, -0.15) is 0 Å². The Balaban J connectivity index is 2.82. The Kier molecular flexibility index (Phi) is 4.12. The molecule has 15 heavy (non-hydrogen) atoms. The molecule has 0 aromatic carbocycles. The van der Waals surface area contributed by atoms with E-state index in [9.17, 15) is 5.11 Å². The van der Waals surface area contributed by atoms with Crippen molar-refractivity contribution in [1.29, 1.82) is 0 Å². The first kappa shape index (κ1) is 11.5. The second-order valence-corrected chi connectivity index (χ2v) is 3.11.